The predicted octanol–water partition coefficient (Wildman–Crippen LogP) is 7.95. The molecule has 0 aromatic heterocycles. The van der Waals surface area contributed by atoms with Crippen molar-refractivity contribution in [3.63, 3.8) is 0 Å². The Morgan fingerprint density at radius 1 is 0.759 bits per heavy atom. The summed E-state index contributed by atoms with van der Waals surface area (Å²) in [5.41, 5.74) is 1.09. The topological polar surface area (TPSA) is 20.2 Å². The van der Waals surface area contributed by atoms with Gasteiger partial charge in [0.1, 0.15) is 5.60 Å². The van der Waals surface area contributed by atoms with Gasteiger partial charge in [0, 0.05) is 0 Å². The monoisotopic (exact) mass is 471 g/mol. The van der Waals surface area contributed by atoms with Gasteiger partial charge in [0.15, 0.2) is 0 Å². The Bertz CT molecular complexity index is 626. The summed E-state index contributed by atoms with van der Waals surface area (Å²) in [7, 11) is 9.78. The first-order chi connectivity index (χ1) is 12.9. The molecule has 1 N–H and O–H groups in total. The SMILES string of the molecule is C.CC1C(C)C(C)C(CC(O)(c2ccccc2)c2ccccc2)C1C.[CH3-].[Cl][Ti][Cl]. The van der Waals surface area contributed by atoms with Crippen LogP contribution in [0, 0.1) is 37.0 Å². The molecule has 2 aromatic carbocycles. The summed E-state index contributed by atoms with van der Waals surface area (Å²) in [6, 6.07) is 20.4. The molecule has 1 aliphatic rings. The number of hydrogen-bond acceptors (Lipinski definition) is 1. The summed E-state index contributed by atoms with van der Waals surface area (Å²) < 4.78 is 0. The molecule has 0 saturated heterocycles. The second-order valence-corrected chi connectivity index (χ2v) is 10.5. The molecule has 0 amide bonds. The Morgan fingerprint density at radius 3 is 1.38 bits per heavy atom. The summed E-state index contributed by atoms with van der Waals surface area (Å²) in [5, 5.41) is 11.8. The average Bonchev–Trinajstić information content (AvgIpc) is 2.87. The fourth-order valence-corrected chi connectivity index (χ4v) is 4.76. The maximum atomic E-state index is 11.8. The van der Waals surface area contributed by atoms with Crippen molar-refractivity contribution < 1.29 is 22.1 Å². The standard InChI is InChI=1S/C23H30O.CH4.CH3.2ClH.Ti/c1-16-17(2)19(4)22(18(16)3)15-23(24,20-11-7-5-8-12-20)21-13-9-6-10-14-21;;;;;/h5-14,16-19,22,24H,15H2,1-4H3;1H4;1H3;2*1H;/q;;-1;;;+2/p-2. The van der Waals surface area contributed by atoms with Gasteiger partial charge < -0.3 is 12.5 Å². The van der Waals surface area contributed by atoms with Gasteiger partial charge in [0.2, 0.25) is 0 Å². The van der Waals surface area contributed by atoms with E-state index in [0.29, 0.717) is 29.6 Å². The van der Waals surface area contributed by atoms with E-state index in [4.69, 9.17) is 18.6 Å². The van der Waals surface area contributed by atoms with Gasteiger partial charge >= 0.3 is 35.6 Å². The van der Waals surface area contributed by atoms with E-state index in [2.05, 4.69) is 52.0 Å². The van der Waals surface area contributed by atoms with Crippen LogP contribution in [0.4, 0.5) is 0 Å². The average molecular weight is 472 g/mol. The van der Waals surface area contributed by atoms with Gasteiger partial charge in [-0.05, 0) is 47.1 Å². The van der Waals surface area contributed by atoms with Crippen LogP contribution in [0.3, 0.4) is 0 Å². The number of aliphatic hydroxyl groups is 1. The van der Waals surface area contributed by atoms with E-state index in [1.165, 1.54) is 0 Å². The summed E-state index contributed by atoms with van der Waals surface area (Å²) in [6.07, 6.45) is 0.790. The Kier molecular flexibility index (Phi) is 13.0. The van der Waals surface area contributed by atoms with Crippen LogP contribution in [0.1, 0.15) is 52.7 Å². The molecule has 4 unspecified atom stereocenters. The molecule has 0 radical (unpaired) electrons. The van der Waals surface area contributed by atoms with Crippen LogP contribution in [-0.2, 0) is 22.6 Å². The fraction of sp³-hybridized carbons (Fsp3) is 0.480. The van der Waals surface area contributed by atoms with Crippen molar-refractivity contribution in [2.24, 2.45) is 29.6 Å². The van der Waals surface area contributed by atoms with Gasteiger partial charge in [-0.1, -0.05) is 95.8 Å². The van der Waals surface area contributed by atoms with Gasteiger partial charge in [-0.2, -0.15) is 0 Å². The van der Waals surface area contributed by atoms with Gasteiger partial charge in [-0.15, -0.1) is 0 Å². The Labute approximate surface area is 195 Å². The quantitative estimate of drug-likeness (QED) is 0.354. The third kappa shape index (κ3) is 6.58. The van der Waals surface area contributed by atoms with Gasteiger partial charge in [0.05, 0.1) is 0 Å². The van der Waals surface area contributed by atoms with Crippen molar-refractivity contribution in [3.05, 3.63) is 79.2 Å². The van der Waals surface area contributed by atoms with Crippen LogP contribution in [0.25, 0.3) is 0 Å². The molecule has 4 heteroatoms. The first-order valence-corrected chi connectivity index (χ1v) is 14.0. The van der Waals surface area contributed by atoms with E-state index in [1.807, 2.05) is 36.4 Å². The minimum absolute atomic E-state index is 0. The zero-order chi connectivity index (χ0) is 20.0. The van der Waals surface area contributed by atoms with Crippen molar-refractivity contribution in [2.75, 3.05) is 0 Å². The first kappa shape index (κ1) is 28.7. The minimum atomic E-state index is -0.917. The van der Waals surface area contributed by atoms with Gasteiger partial charge in [0.25, 0.3) is 0 Å². The molecule has 0 heterocycles. The van der Waals surface area contributed by atoms with Crippen molar-refractivity contribution >= 4 is 18.6 Å². The fourth-order valence-electron chi connectivity index (χ4n) is 4.76. The molecule has 0 bridgehead atoms. The number of benzene rings is 2. The Morgan fingerprint density at radius 2 is 1.07 bits per heavy atom. The zero-order valence-corrected chi connectivity index (χ0v) is 20.6. The van der Waals surface area contributed by atoms with Gasteiger partial charge in [-0.25, -0.2) is 0 Å². The summed E-state index contributed by atoms with van der Waals surface area (Å²) in [4.78, 5) is 0. The van der Waals surface area contributed by atoms with E-state index >= 15 is 0 Å². The molecule has 1 fully saturated rings. The van der Waals surface area contributed by atoms with E-state index in [1.54, 1.807) is 0 Å². The van der Waals surface area contributed by atoms with Crippen LogP contribution in [0.15, 0.2) is 60.7 Å². The Hall–Kier alpha value is -0.306. The Balaban J connectivity index is 0.00000148. The number of hydrogen-bond donors (Lipinski definition) is 1. The molecular formula is C25H37Cl2OTi-. The number of rotatable bonds is 4. The van der Waals surface area contributed by atoms with Crippen molar-refractivity contribution in [3.8, 4) is 0 Å². The molecule has 2 aromatic rings. The van der Waals surface area contributed by atoms with Crippen molar-refractivity contribution in [1.82, 2.24) is 0 Å². The number of halogens is 2. The van der Waals surface area contributed by atoms with Crippen molar-refractivity contribution in [1.29, 1.82) is 0 Å². The molecule has 1 saturated carbocycles. The van der Waals surface area contributed by atoms with E-state index in [-0.39, 0.29) is 14.9 Å². The molecule has 0 spiro atoms. The zero-order valence-electron chi connectivity index (χ0n) is 17.6. The maximum absolute atomic E-state index is 11.8. The van der Waals surface area contributed by atoms with E-state index in [9.17, 15) is 5.11 Å². The van der Waals surface area contributed by atoms with Crippen LogP contribution in [0.5, 0.6) is 0 Å². The summed E-state index contributed by atoms with van der Waals surface area (Å²) in [6.45, 7) is 9.48. The van der Waals surface area contributed by atoms with E-state index in [0.717, 1.165) is 17.5 Å². The second-order valence-electron chi connectivity index (χ2n) is 7.97. The molecule has 1 aliphatic carbocycles. The first-order valence-electron chi connectivity index (χ1n) is 9.66. The summed E-state index contributed by atoms with van der Waals surface area (Å²) in [5.74, 6) is 3.21. The van der Waals surface area contributed by atoms with Crippen molar-refractivity contribution in [2.45, 2.75) is 47.1 Å². The molecule has 4 atom stereocenters. The molecule has 1 nitrogen and oxygen atoms in total. The predicted molar refractivity (Wildman–Crippen MR) is 125 cm³/mol. The summed E-state index contributed by atoms with van der Waals surface area (Å²) >= 11 is -0.556. The molecule has 3 rings (SSSR count). The third-order valence-electron chi connectivity index (χ3n) is 6.87. The van der Waals surface area contributed by atoms with Crippen LogP contribution < -0.4 is 0 Å². The molecule has 29 heavy (non-hydrogen) atoms. The van der Waals surface area contributed by atoms with Crippen LogP contribution >= 0.6 is 18.6 Å². The second kappa shape index (κ2) is 13.2. The molecule has 0 aliphatic heterocycles. The van der Waals surface area contributed by atoms with E-state index < -0.39 is 22.6 Å². The van der Waals surface area contributed by atoms with Crippen LogP contribution in [-0.4, -0.2) is 5.11 Å². The third-order valence-corrected chi connectivity index (χ3v) is 6.87. The molecular weight excluding hydrogens is 435 g/mol. The van der Waals surface area contributed by atoms with Crippen LogP contribution in [0.2, 0.25) is 0 Å². The van der Waals surface area contributed by atoms with Gasteiger partial charge in [-0.3, -0.25) is 0 Å². The molecule has 162 valence electrons. The normalized spacial score (nSPS) is 25.7.